The molecule has 0 radical (unpaired) electrons. The van der Waals surface area contributed by atoms with Gasteiger partial charge in [-0.15, -0.1) is 0 Å². The number of rotatable bonds is 4. The van der Waals surface area contributed by atoms with Crippen LogP contribution in [0, 0.1) is 0 Å². The minimum absolute atomic E-state index is 0.177. The highest BCUT2D eigenvalue weighted by molar-refractivity contribution is 5.81. The number of hydrogen-bond acceptors (Lipinski definition) is 3. The zero-order valence-corrected chi connectivity index (χ0v) is 8.31. The SMILES string of the molecule is CO[C@H](C(C)=O)[C@H](O)c1ccccc1. The second-order valence-electron chi connectivity index (χ2n) is 3.12. The number of methoxy groups -OCH3 is 1. The van der Waals surface area contributed by atoms with Crippen LogP contribution in [-0.2, 0) is 9.53 Å². The summed E-state index contributed by atoms with van der Waals surface area (Å²) in [5, 5.41) is 9.80. The van der Waals surface area contributed by atoms with Gasteiger partial charge in [0.2, 0.25) is 0 Å². The van der Waals surface area contributed by atoms with Gasteiger partial charge < -0.3 is 9.84 Å². The van der Waals surface area contributed by atoms with E-state index in [2.05, 4.69) is 0 Å². The van der Waals surface area contributed by atoms with Gasteiger partial charge in [0.05, 0.1) is 0 Å². The fourth-order valence-electron chi connectivity index (χ4n) is 1.34. The standard InChI is InChI=1S/C11H14O3/c1-8(12)11(14-2)10(13)9-6-4-3-5-7-9/h3-7,10-11,13H,1-2H3/t10-,11-/m1/s1. The monoisotopic (exact) mass is 194 g/mol. The Bertz CT molecular complexity index is 295. The van der Waals surface area contributed by atoms with Gasteiger partial charge in [-0.1, -0.05) is 30.3 Å². The number of hydrogen-bond donors (Lipinski definition) is 1. The average Bonchev–Trinajstić information content (AvgIpc) is 2.19. The molecule has 0 saturated heterocycles. The van der Waals surface area contributed by atoms with Gasteiger partial charge in [-0.05, 0) is 12.5 Å². The lowest BCUT2D eigenvalue weighted by Gasteiger charge is -2.18. The van der Waals surface area contributed by atoms with Crippen molar-refractivity contribution in [3.8, 4) is 0 Å². The predicted octanol–water partition coefficient (Wildman–Crippen LogP) is 1.32. The molecule has 0 aliphatic rings. The van der Waals surface area contributed by atoms with Crippen LogP contribution in [-0.4, -0.2) is 24.1 Å². The lowest BCUT2D eigenvalue weighted by atomic mass is 10.0. The molecule has 76 valence electrons. The fraction of sp³-hybridized carbons (Fsp3) is 0.364. The molecule has 0 saturated carbocycles. The molecule has 1 N–H and O–H groups in total. The number of ether oxygens (including phenoxy) is 1. The number of benzene rings is 1. The van der Waals surface area contributed by atoms with Crippen LogP contribution in [0.15, 0.2) is 30.3 Å². The Morgan fingerprint density at radius 1 is 1.36 bits per heavy atom. The van der Waals surface area contributed by atoms with Crippen LogP contribution in [0.25, 0.3) is 0 Å². The Balaban J connectivity index is 2.83. The highest BCUT2D eigenvalue weighted by Gasteiger charge is 2.24. The summed E-state index contributed by atoms with van der Waals surface area (Å²) in [5.74, 6) is -0.177. The fourth-order valence-corrected chi connectivity index (χ4v) is 1.34. The summed E-state index contributed by atoms with van der Waals surface area (Å²) in [6, 6.07) is 9.00. The smallest absolute Gasteiger partial charge is 0.161 e. The van der Waals surface area contributed by atoms with Crippen LogP contribution in [0.5, 0.6) is 0 Å². The summed E-state index contributed by atoms with van der Waals surface area (Å²) in [4.78, 5) is 11.1. The first kappa shape index (κ1) is 10.9. The zero-order chi connectivity index (χ0) is 10.6. The van der Waals surface area contributed by atoms with E-state index in [0.29, 0.717) is 5.56 Å². The van der Waals surface area contributed by atoms with Gasteiger partial charge in [-0.25, -0.2) is 0 Å². The Morgan fingerprint density at radius 2 is 1.93 bits per heavy atom. The molecular weight excluding hydrogens is 180 g/mol. The van der Waals surface area contributed by atoms with Crippen molar-refractivity contribution in [2.45, 2.75) is 19.1 Å². The molecular formula is C11H14O3. The van der Waals surface area contributed by atoms with E-state index >= 15 is 0 Å². The summed E-state index contributed by atoms with van der Waals surface area (Å²) in [7, 11) is 1.41. The summed E-state index contributed by atoms with van der Waals surface area (Å²) in [6.07, 6.45) is -1.67. The van der Waals surface area contributed by atoms with E-state index in [0.717, 1.165) is 0 Å². The number of carbonyl (C=O) groups is 1. The molecule has 0 amide bonds. The van der Waals surface area contributed by atoms with Crippen LogP contribution in [0.1, 0.15) is 18.6 Å². The van der Waals surface area contributed by atoms with Crippen molar-refractivity contribution in [1.82, 2.24) is 0 Å². The van der Waals surface area contributed by atoms with E-state index in [4.69, 9.17) is 4.74 Å². The molecule has 1 rings (SSSR count). The third kappa shape index (κ3) is 2.40. The van der Waals surface area contributed by atoms with Gasteiger partial charge >= 0.3 is 0 Å². The van der Waals surface area contributed by atoms with Crippen molar-refractivity contribution in [3.05, 3.63) is 35.9 Å². The molecule has 0 spiro atoms. The van der Waals surface area contributed by atoms with Crippen molar-refractivity contribution in [3.63, 3.8) is 0 Å². The zero-order valence-electron chi connectivity index (χ0n) is 8.31. The van der Waals surface area contributed by atoms with E-state index < -0.39 is 12.2 Å². The van der Waals surface area contributed by atoms with E-state index in [1.54, 1.807) is 12.1 Å². The van der Waals surface area contributed by atoms with E-state index in [1.165, 1.54) is 14.0 Å². The Labute approximate surface area is 83.3 Å². The van der Waals surface area contributed by atoms with Gasteiger partial charge in [0.25, 0.3) is 0 Å². The molecule has 0 aliphatic heterocycles. The maximum absolute atomic E-state index is 11.1. The number of Topliss-reactive ketones (excluding diaryl/α,β-unsaturated/α-hetero) is 1. The van der Waals surface area contributed by atoms with Crippen molar-refractivity contribution in [1.29, 1.82) is 0 Å². The Hall–Kier alpha value is -1.19. The molecule has 1 aromatic rings. The lowest BCUT2D eigenvalue weighted by molar-refractivity contribution is -0.133. The summed E-state index contributed by atoms with van der Waals surface area (Å²) in [5.41, 5.74) is 0.689. The topological polar surface area (TPSA) is 46.5 Å². The van der Waals surface area contributed by atoms with Crippen molar-refractivity contribution < 1.29 is 14.6 Å². The highest BCUT2D eigenvalue weighted by atomic mass is 16.5. The van der Waals surface area contributed by atoms with Crippen LogP contribution >= 0.6 is 0 Å². The first-order chi connectivity index (χ1) is 6.66. The molecule has 0 unspecified atom stereocenters. The minimum atomic E-state index is -0.890. The van der Waals surface area contributed by atoms with Gasteiger partial charge in [0.15, 0.2) is 5.78 Å². The second-order valence-corrected chi connectivity index (χ2v) is 3.12. The van der Waals surface area contributed by atoms with Crippen LogP contribution in [0.4, 0.5) is 0 Å². The van der Waals surface area contributed by atoms with Crippen molar-refractivity contribution in [2.75, 3.05) is 7.11 Å². The largest absolute Gasteiger partial charge is 0.385 e. The third-order valence-electron chi connectivity index (χ3n) is 2.08. The molecule has 0 aliphatic carbocycles. The maximum Gasteiger partial charge on any atom is 0.161 e. The molecule has 3 heteroatoms. The molecule has 3 nitrogen and oxygen atoms in total. The van der Waals surface area contributed by atoms with Crippen molar-refractivity contribution in [2.24, 2.45) is 0 Å². The summed E-state index contributed by atoms with van der Waals surface area (Å²) < 4.78 is 4.93. The normalized spacial score (nSPS) is 14.8. The average molecular weight is 194 g/mol. The third-order valence-corrected chi connectivity index (χ3v) is 2.08. The van der Waals surface area contributed by atoms with Gasteiger partial charge in [0, 0.05) is 7.11 Å². The van der Waals surface area contributed by atoms with E-state index in [9.17, 15) is 9.90 Å². The Kier molecular flexibility index (Phi) is 3.80. The van der Waals surface area contributed by atoms with Crippen LogP contribution in [0.3, 0.4) is 0 Å². The molecule has 0 heterocycles. The molecule has 0 fully saturated rings. The molecule has 0 bridgehead atoms. The van der Waals surface area contributed by atoms with Crippen molar-refractivity contribution >= 4 is 5.78 Å². The van der Waals surface area contributed by atoms with Gasteiger partial charge in [-0.2, -0.15) is 0 Å². The van der Waals surface area contributed by atoms with E-state index in [-0.39, 0.29) is 5.78 Å². The molecule has 14 heavy (non-hydrogen) atoms. The first-order valence-corrected chi connectivity index (χ1v) is 4.43. The van der Waals surface area contributed by atoms with Gasteiger partial charge in [0.1, 0.15) is 12.2 Å². The minimum Gasteiger partial charge on any atom is -0.385 e. The van der Waals surface area contributed by atoms with Crippen LogP contribution < -0.4 is 0 Å². The highest BCUT2D eigenvalue weighted by Crippen LogP contribution is 2.18. The first-order valence-electron chi connectivity index (χ1n) is 4.43. The molecule has 2 atom stereocenters. The summed E-state index contributed by atoms with van der Waals surface area (Å²) >= 11 is 0. The predicted molar refractivity (Wildman–Crippen MR) is 52.9 cm³/mol. The molecule has 0 aromatic heterocycles. The Morgan fingerprint density at radius 3 is 2.36 bits per heavy atom. The summed E-state index contributed by atoms with van der Waals surface area (Å²) in [6.45, 7) is 1.40. The number of aliphatic hydroxyl groups is 1. The maximum atomic E-state index is 11.1. The lowest BCUT2D eigenvalue weighted by Crippen LogP contribution is -2.28. The number of aliphatic hydroxyl groups excluding tert-OH is 1. The second kappa shape index (κ2) is 4.88. The van der Waals surface area contributed by atoms with Crippen LogP contribution in [0.2, 0.25) is 0 Å². The molecule has 1 aromatic carbocycles. The quantitative estimate of drug-likeness (QED) is 0.786. The number of ketones is 1. The van der Waals surface area contributed by atoms with E-state index in [1.807, 2.05) is 18.2 Å². The number of carbonyl (C=O) groups excluding carboxylic acids is 1. The van der Waals surface area contributed by atoms with Gasteiger partial charge in [-0.3, -0.25) is 4.79 Å².